The fourth-order valence-electron chi connectivity index (χ4n) is 2.11. The molecule has 0 radical (unpaired) electrons. The summed E-state index contributed by atoms with van der Waals surface area (Å²) in [6.45, 7) is 2.27. The molecule has 2 rings (SSSR count). The van der Waals surface area contributed by atoms with Crippen molar-refractivity contribution in [3.8, 4) is 5.75 Å². The molecule has 0 aliphatic heterocycles. The standard InChI is InChI=1S/C16H18FNO3.ClH/c1-3-11(9-18)21-15-7-10-5-4-6-14(17)12(10)8-13(15)16(19)20-2;/h4-8,11H,3,9,18H2,1-2H3;1H/t11-;/m1./s1. The maximum absolute atomic E-state index is 13.8. The molecule has 0 aromatic heterocycles. The summed E-state index contributed by atoms with van der Waals surface area (Å²) >= 11 is 0. The minimum absolute atomic E-state index is 0. The van der Waals surface area contributed by atoms with E-state index in [2.05, 4.69) is 0 Å². The van der Waals surface area contributed by atoms with Gasteiger partial charge in [-0.1, -0.05) is 19.1 Å². The van der Waals surface area contributed by atoms with Crippen LogP contribution in [0.3, 0.4) is 0 Å². The van der Waals surface area contributed by atoms with Crippen molar-refractivity contribution in [2.24, 2.45) is 5.73 Å². The van der Waals surface area contributed by atoms with Gasteiger partial charge in [0, 0.05) is 11.9 Å². The van der Waals surface area contributed by atoms with Crippen LogP contribution < -0.4 is 10.5 Å². The Bertz CT molecular complexity index is 659. The van der Waals surface area contributed by atoms with Gasteiger partial charge in [0.1, 0.15) is 23.2 Å². The summed E-state index contributed by atoms with van der Waals surface area (Å²) in [5.41, 5.74) is 5.82. The minimum Gasteiger partial charge on any atom is -0.488 e. The number of nitrogens with two attached hydrogens (primary N) is 1. The predicted molar refractivity (Wildman–Crippen MR) is 86.3 cm³/mol. The van der Waals surface area contributed by atoms with Crippen LogP contribution in [-0.4, -0.2) is 25.7 Å². The van der Waals surface area contributed by atoms with E-state index in [0.717, 1.165) is 0 Å². The monoisotopic (exact) mass is 327 g/mol. The third-order valence-electron chi connectivity index (χ3n) is 3.34. The molecule has 6 heteroatoms. The normalized spacial score (nSPS) is 11.6. The van der Waals surface area contributed by atoms with Crippen LogP contribution in [0.1, 0.15) is 23.7 Å². The van der Waals surface area contributed by atoms with E-state index in [4.69, 9.17) is 15.2 Å². The fraction of sp³-hybridized carbons (Fsp3) is 0.312. The van der Waals surface area contributed by atoms with Gasteiger partial charge < -0.3 is 15.2 Å². The Hall–Kier alpha value is -1.85. The molecule has 0 aliphatic carbocycles. The molecule has 1 atom stereocenters. The van der Waals surface area contributed by atoms with Crippen molar-refractivity contribution in [1.82, 2.24) is 0 Å². The number of carbonyl (C=O) groups excluding carboxylic acids is 1. The average Bonchev–Trinajstić information content (AvgIpc) is 2.51. The average molecular weight is 328 g/mol. The van der Waals surface area contributed by atoms with Crippen LogP contribution in [0.4, 0.5) is 4.39 Å². The third-order valence-corrected chi connectivity index (χ3v) is 3.34. The van der Waals surface area contributed by atoms with Gasteiger partial charge in [0.25, 0.3) is 0 Å². The van der Waals surface area contributed by atoms with Crippen molar-refractivity contribution >= 4 is 29.1 Å². The van der Waals surface area contributed by atoms with Crippen LogP contribution in [0.25, 0.3) is 10.8 Å². The number of methoxy groups -OCH3 is 1. The Morgan fingerprint density at radius 2 is 2.09 bits per heavy atom. The molecule has 0 unspecified atom stereocenters. The second kappa shape index (κ2) is 7.96. The zero-order chi connectivity index (χ0) is 15.4. The van der Waals surface area contributed by atoms with E-state index in [9.17, 15) is 9.18 Å². The number of ether oxygens (including phenoxy) is 2. The van der Waals surface area contributed by atoms with E-state index in [1.807, 2.05) is 6.92 Å². The van der Waals surface area contributed by atoms with Crippen LogP contribution in [0.15, 0.2) is 30.3 Å². The number of esters is 1. The van der Waals surface area contributed by atoms with Gasteiger partial charge in [0.15, 0.2) is 0 Å². The first-order valence-electron chi connectivity index (χ1n) is 6.78. The lowest BCUT2D eigenvalue weighted by Crippen LogP contribution is -2.26. The highest BCUT2D eigenvalue weighted by Crippen LogP contribution is 2.29. The molecule has 0 amide bonds. The van der Waals surface area contributed by atoms with E-state index in [1.165, 1.54) is 19.2 Å². The number of fused-ring (bicyclic) bond motifs is 1. The van der Waals surface area contributed by atoms with Gasteiger partial charge in [-0.25, -0.2) is 9.18 Å². The summed E-state index contributed by atoms with van der Waals surface area (Å²) < 4.78 is 24.4. The number of hydrogen-bond donors (Lipinski definition) is 1. The molecule has 0 spiro atoms. The maximum atomic E-state index is 13.8. The van der Waals surface area contributed by atoms with Crippen molar-refractivity contribution < 1.29 is 18.7 Å². The number of hydrogen-bond acceptors (Lipinski definition) is 4. The summed E-state index contributed by atoms with van der Waals surface area (Å²) in [7, 11) is 1.28. The van der Waals surface area contributed by atoms with E-state index in [0.29, 0.717) is 29.5 Å². The molecule has 2 aromatic carbocycles. The van der Waals surface area contributed by atoms with Gasteiger partial charge in [-0.3, -0.25) is 0 Å². The smallest absolute Gasteiger partial charge is 0.341 e. The summed E-state index contributed by atoms with van der Waals surface area (Å²) in [6, 6.07) is 7.81. The van der Waals surface area contributed by atoms with Gasteiger partial charge in [0.2, 0.25) is 0 Å². The third kappa shape index (κ3) is 3.67. The van der Waals surface area contributed by atoms with Gasteiger partial charge in [-0.2, -0.15) is 0 Å². The minimum atomic E-state index is -0.568. The van der Waals surface area contributed by atoms with Crippen LogP contribution in [0, 0.1) is 5.82 Å². The Morgan fingerprint density at radius 3 is 2.68 bits per heavy atom. The number of carbonyl (C=O) groups is 1. The Kier molecular flexibility index (Phi) is 6.59. The highest BCUT2D eigenvalue weighted by molar-refractivity contribution is 5.98. The quantitative estimate of drug-likeness (QED) is 0.856. The van der Waals surface area contributed by atoms with Crippen LogP contribution in [0.2, 0.25) is 0 Å². The van der Waals surface area contributed by atoms with Crippen molar-refractivity contribution in [2.75, 3.05) is 13.7 Å². The Morgan fingerprint density at radius 1 is 1.36 bits per heavy atom. The maximum Gasteiger partial charge on any atom is 0.341 e. The molecule has 120 valence electrons. The second-order valence-corrected chi connectivity index (χ2v) is 4.68. The first-order valence-corrected chi connectivity index (χ1v) is 6.78. The molecule has 2 aromatic rings. The van der Waals surface area contributed by atoms with Gasteiger partial charge in [-0.05, 0) is 30.0 Å². The van der Waals surface area contributed by atoms with E-state index in [-0.39, 0.29) is 24.1 Å². The van der Waals surface area contributed by atoms with Crippen molar-refractivity contribution in [3.63, 3.8) is 0 Å². The summed E-state index contributed by atoms with van der Waals surface area (Å²) in [4.78, 5) is 11.9. The number of rotatable bonds is 5. The topological polar surface area (TPSA) is 61.5 Å². The van der Waals surface area contributed by atoms with Gasteiger partial charge in [0.05, 0.1) is 7.11 Å². The second-order valence-electron chi connectivity index (χ2n) is 4.68. The Balaban J connectivity index is 0.00000242. The molecule has 0 aliphatic rings. The van der Waals surface area contributed by atoms with E-state index in [1.54, 1.807) is 18.2 Å². The first kappa shape index (κ1) is 18.2. The summed E-state index contributed by atoms with van der Waals surface area (Å²) in [5, 5.41) is 1.01. The van der Waals surface area contributed by atoms with E-state index >= 15 is 0 Å². The summed E-state index contributed by atoms with van der Waals surface area (Å²) in [5.74, 6) is -0.602. The number of halogens is 2. The zero-order valence-corrected chi connectivity index (χ0v) is 13.3. The molecular weight excluding hydrogens is 309 g/mol. The van der Waals surface area contributed by atoms with Gasteiger partial charge in [-0.15, -0.1) is 12.4 Å². The molecule has 4 nitrogen and oxygen atoms in total. The van der Waals surface area contributed by atoms with Crippen molar-refractivity contribution in [1.29, 1.82) is 0 Å². The lowest BCUT2D eigenvalue weighted by molar-refractivity contribution is 0.0593. The highest BCUT2D eigenvalue weighted by Gasteiger charge is 2.18. The zero-order valence-electron chi connectivity index (χ0n) is 12.5. The lowest BCUT2D eigenvalue weighted by atomic mass is 10.1. The van der Waals surface area contributed by atoms with E-state index < -0.39 is 11.8 Å². The summed E-state index contributed by atoms with van der Waals surface area (Å²) in [6.07, 6.45) is 0.498. The molecule has 22 heavy (non-hydrogen) atoms. The Labute approximate surface area is 134 Å². The largest absolute Gasteiger partial charge is 0.488 e. The number of benzene rings is 2. The van der Waals surface area contributed by atoms with Crippen LogP contribution >= 0.6 is 12.4 Å². The van der Waals surface area contributed by atoms with Crippen LogP contribution in [-0.2, 0) is 4.74 Å². The van der Waals surface area contributed by atoms with Crippen molar-refractivity contribution in [3.05, 3.63) is 41.7 Å². The molecule has 2 N–H and O–H groups in total. The SMILES string of the molecule is CC[C@H](CN)Oc1cc2cccc(F)c2cc1C(=O)OC.Cl. The highest BCUT2D eigenvalue weighted by atomic mass is 35.5. The predicted octanol–water partition coefficient (Wildman–Crippen LogP) is 3.30. The lowest BCUT2D eigenvalue weighted by Gasteiger charge is -2.18. The molecular formula is C16H19ClFNO3. The molecule has 0 bridgehead atoms. The molecule has 0 heterocycles. The molecule has 0 saturated heterocycles. The first-order chi connectivity index (χ1) is 10.1. The molecule has 0 fully saturated rings. The van der Waals surface area contributed by atoms with Crippen molar-refractivity contribution in [2.45, 2.75) is 19.4 Å². The fourth-order valence-corrected chi connectivity index (χ4v) is 2.11. The van der Waals surface area contributed by atoms with Crippen LogP contribution in [0.5, 0.6) is 5.75 Å². The van der Waals surface area contributed by atoms with Gasteiger partial charge >= 0.3 is 5.97 Å². The molecule has 0 saturated carbocycles.